The largest absolute Gasteiger partial charge is 0.480 e. The third kappa shape index (κ3) is 6.00. The minimum absolute atomic E-state index is 0.0536. The Hall–Kier alpha value is -1.98. The van der Waals surface area contributed by atoms with Crippen LogP contribution in [-0.4, -0.2) is 29.1 Å². The van der Waals surface area contributed by atoms with Gasteiger partial charge in [0.05, 0.1) is 13.0 Å². The van der Waals surface area contributed by atoms with Crippen molar-refractivity contribution in [2.75, 3.05) is 7.11 Å². The van der Waals surface area contributed by atoms with E-state index in [0.29, 0.717) is 23.5 Å². The van der Waals surface area contributed by atoms with Gasteiger partial charge in [0.15, 0.2) is 0 Å². The highest BCUT2D eigenvalue weighted by Gasteiger charge is 2.34. The minimum Gasteiger partial charge on any atom is -0.480 e. The lowest BCUT2D eigenvalue weighted by Crippen LogP contribution is -2.31. The van der Waals surface area contributed by atoms with Crippen LogP contribution in [0, 0.1) is 23.7 Å². The van der Waals surface area contributed by atoms with Crippen LogP contribution in [0.4, 0.5) is 0 Å². The SMILES string of the molecule is CCCCC(=O)[C@H]1CC[C@H]([C@H]2CC[C@H](C(=O)Oc3ccc(OC)nn3)CC2)CC1. The number of rotatable bonds is 8. The minimum atomic E-state index is -0.201. The summed E-state index contributed by atoms with van der Waals surface area (Å²) in [6.07, 6.45) is 11.3. The Bertz CT molecular complexity index is 660. The molecule has 0 radical (unpaired) electrons. The summed E-state index contributed by atoms with van der Waals surface area (Å²) in [5, 5.41) is 7.70. The van der Waals surface area contributed by atoms with Crippen LogP contribution in [0.1, 0.15) is 77.6 Å². The summed E-state index contributed by atoms with van der Waals surface area (Å²) in [6.45, 7) is 2.14. The van der Waals surface area contributed by atoms with Crippen molar-refractivity contribution < 1.29 is 19.1 Å². The van der Waals surface area contributed by atoms with E-state index in [9.17, 15) is 9.59 Å². The van der Waals surface area contributed by atoms with Gasteiger partial charge in [-0.1, -0.05) is 13.3 Å². The summed E-state index contributed by atoms with van der Waals surface area (Å²) in [7, 11) is 1.52. The predicted octanol–water partition coefficient (Wildman–Crippen LogP) is 4.76. The van der Waals surface area contributed by atoms with Crippen molar-refractivity contribution in [3.8, 4) is 11.8 Å². The standard InChI is InChI=1S/C23H34N2O4/c1-3-4-5-20(26)18-10-6-16(7-11-18)17-8-12-19(13-9-17)23(27)29-22-15-14-21(28-2)24-25-22/h14-19H,3-13H2,1-2H3/t16-,17-,18-,19-. The second-order valence-electron chi connectivity index (χ2n) is 8.63. The number of unbranched alkanes of at least 4 members (excludes halogenated alkanes) is 1. The van der Waals surface area contributed by atoms with E-state index in [2.05, 4.69) is 17.1 Å². The lowest BCUT2D eigenvalue weighted by Gasteiger charge is -2.37. The quantitative estimate of drug-likeness (QED) is 0.583. The molecule has 0 unspecified atom stereocenters. The Balaban J connectivity index is 1.40. The molecule has 6 heteroatoms. The Morgan fingerprint density at radius 2 is 1.45 bits per heavy atom. The summed E-state index contributed by atoms with van der Waals surface area (Å²) in [4.78, 5) is 24.7. The number of ketones is 1. The highest BCUT2D eigenvalue weighted by Crippen LogP contribution is 2.42. The first-order chi connectivity index (χ1) is 14.1. The zero-order chi connectivity index (χ0) is 20.6. The van der Waals surface area contributed by atoms with Crippen LogP contribution < -0.4 is 9.47 Å². The first kappa shape index (κ1) is 21.7. The van der Waals surface area contributed by atoms with Crippen LogP contribution in [0.2, 0.25) is 0 Å². The molecule has 0 aliphatic heterocycles. The van der Waals surface area contributed by atoms with Crippen LogP contribution in [0.5, 0.6) is 11.8 Å². The highest BCUT2D eigenvalue weighted by molar-refractivity contribution is 5.81. The second kappa shape index (κ2) is 10.7. The van der Waals surface area contributed by atoms with Crippen LogP contribution in [-0.2, 0) is 9.59 Å². The maximum atomic E-state index is 12.5. The zero-order valence-electron chi connectivity index (χ0n) is 17.8. The van der Waals surface area contributed by atoms with E-state index in [-0.39, 0.29) is 17.8 Å². The number of hydrogen-bond donors (Lipinski definition) is 0. The molecule has 0 atom stereocenters. The number of hydrogen-bond acceptors (Lipinski definition) is 6. The van der Waals surface area contributed by atoms with Gasteiger partial charge in [0.2, 0.25) is 11.8 Å². The van der Waals surface area contributed by atoms with Gasteiger partial charge in [-0.15, -0.1) is 10.2 Å². The van der Waals surface area contributed by atoms with Gasteiger partial charge >= 0.3 is 5.97 Å². The topological polar surface area (TPSA) is 78.4 Å². The number of carbonyl (C=O) groups is 2. The van der Waals surface area contributed by atoms with E-state index in [4.69, 9.17) is 9.47 Å². The zero-order valence-corrected chi connectivity index (χ0v) is 17.8. The molecule has 0 saturated heterocycles. The number of carbonyl (C=O) groups excluding carboxylic acids is 2. The number of ether oxygens (including phenoxy) is 2. The van der Waals surface area contributed by atoms with Crippen molar-refractivity contribution >= 4 is 11.8 Å². The van der Waals surface area contributed by atoms with Gasteiger partial charge in [-0.05, 0) is 69.6 Å². The maximum Gasteiger partial charge on any atom is 0.315 e. The molecular weight excluding hydrogens is 368 g/mol. The fraction of sp³-hybridized carbons (Fsp3) is 0.739. The van der Waals surface area contributed by atoms with Gasteiger partial charge in [-0.2, -0.15) is 0 Å². The summed E-state index contributed by atoms with van der Waals surface area (Å²) < 4.78 is 10.4. The molecule has 0 amide bonds. The van der Waals surface area contributed by atoms with Crippen LogP contribution >= 0.6 is 0 Å². The number of Topliss-reactive ketones (excluding diaryl/α,β-unsaturated/α-hetero) is 1. The maximum absolute atomic E-state index is 12.5. The van der Waals surface area contributed by atoms with Gasteiger partial charge in [-0.25, -0.2) is 0 Å². The summed E-state index contributed by atoms with van der Waals surface area (Å²) in [5.41, 5.74) is 0. The average Bonchev–Trinajstić information content (AvgIpc) is 2.78. The van der Waals surface area contributed by atoms with Crippen LogP contribution in [0.3, 0.4) is 0 Å². The molecule has 29 heavy (non-hydrogen) atoms. The molecule has 2 aliphatic rings. The van der Waals surface area contributed by atoms with Crippen molar-refractivity contribution in [1.82, 2.24) is 10.2 Å². The first-order valence-corrected chi connectivity index (χ1v) is 11.2. The fourth-order valence-corrected chi connectivity index (χ4v) is 4.95. The normalized spacial score (nSPS) is 27.2. The van der Waals surface area contributed by atoms with E-state index >= 15 is 0 Å². The summed E-state index contributed by atoms with van der Waals surface area (Å²) in [5.74, 6) is 2.56. The Morgan fingerprint density at radius 1 is 0.897 bits per heavy atom. The molecule has 1 aromatic rings. The molecule has 0 spiro atoms. The molecule has 6 nitrogen and oxygen atoms in total. The molecule has 2 saturated carbocycles. The molecule has 1 heterocycles. The Labute approximate surface area is 173 Å². The van der Waals surface area contributed by atoms with Crippen molar-refractivity contribution in [3.63, 3.8) is 0 Å². The molecular formula is C23H34N2O4. The van der Waals surface area contributed by atoms with Crippen molar-refractivity contribution in [2.24, 2.45) is 23.7 Å². The summed E-state index contributed by atoms with van der Waals surface area (Å²) >= 11 is 0. The number of nitrogens with zero attached hydrogens (tertiary/aromatic N) is 2. The van der Waals surface area contributed by atoms with E-state index in [1.807, 2.05) is 0 Å². The highest BCUT2D eigenvalue weighted by atomic mass is 16.5. The molecule has 3 rings (SSSR count). The van der Waals surface area contributed by atoms with Gasteiger partial charge in [0.1, 0.15) is 5.78 Å². The lowest BCUT2D eigenvalue weighted by molar-refractivity contribution is -0.141. The van der Waals surface area contributed by atoms with Crippen LogP contribution in [0.15, 0.2) is 12.1 Å². The molecule has 2 fully saturated rings. The number of aromatic nitrogens is 2. The molecule has 2 aliphatic carbocycles. The second-order valence-corrected chi connectivity index (χ2v) is 8.63. The van der Waals surface area contributed by atoms with E-state index in [1.54, 1.807) is 12.1 Å². The Morgan fingerprint density at radius 3 is 1.97 bits per heavy atom. The predicted molar refractivity (Wildman–Crippen MR) is 110 cm³/mol. The third-order valence-corrected chi connectivity index (χ3v) is 6.81. The lowest BCUT2D eigenvalue weighted by atomic mass is 9.68. The molecule has 0 bridgehead atoms. The molecule has 0 aromatic carbocycles. The van der Waals surface area contributed by atoms with E-state index < -0.39 is 0 Å². The van der Waals surface area contributed by atoms with E-state index in [1.165, 1.54) is 20.0 Å². The third-order valence-electron chi connectivity index (χ3n) is 6.81. The smallest absolute Gasteiger partial charge is 0.315 e. The first-order valence-electron chi connectivity index (χ1n) is 11.2. The van der Waals surface area contributed by atoms with Gasteiger partial charge < -0.3 is 9.47 Å². The fourth-order valence-electron chi connectivity index (χ4n) is 4.95. The number of methoxy groups -OCH3 is 1. The van der Waals surface area contributed by atoms with Gasteiger partial charge in [0, 0.05) is 24.5 Å². The van der Waals surface area contributed by atoms with Crippen LogP contribution in [0.25, 0.3) is 0 Å². The van der Waals surface area contributed by atoms with Gasteiger partial charge in [-0.3, -0.25) is 9.59 Å². The Kier molecular flexibility index (Phi) is 8.01. The average molecular weight is 403 g/mol. The van der Waals surface area contributed by atoms with Crippen molar-refractivity contribution in [3.05, 3.63) is 12.1 Å². The molecule has 160 valence electrons. The summed E-state index contributed by atoms with van der Waals surface area (Å²) in [6, 6.07) is 3.24. The van der Waals surface area contributed by atoms with Crippen molar-refractivity contribution in [1.29, 1.82) is 0 Å². The van der Waals surface area contributed by atoms with E-state index in [0.717, 1.165) is 63.7 Å². The monoisotopic (exact) mass is 402 g/mol. The van der Waals surface area contributed by atoms with Crippen molar-refractivity contribution in [2.45, 2.75) is 77.6 Å². The molecule has 1 aromatic heterocycles. The number of esters is 1. The van der Waals surface area contributed by atoms with Gasteiger partial charge in [0.25, 0.3) is 0 Å². The molecule has 0 N–H and O–H groups in total.